The summed E-state index contributed by atoms with van der Waals surface area (Å²) in [6.07, 6.45) is 7.34. The molecule has 1 aromatic carbocycles. The second-order valence-electron chi connectivity index (χ2n) is 3.83. The van der Waals surface area contributed by atoms with Gasteiger partial charge < -0.3 is 0 Å². The molecule has 0 aliphatic heterocycles. The van der Waals surface area contributed by atoms with Gasteiger partial charge in [0.2, 0.25) is 0 Å². The molecule has 0 bridgehead atoms. The molecule has 0 radical (unpaired) electrons. The van der Waals surface area contributed by atoms with E-state index in [4.69, 9.17) is 0 Å². The van der Waals surface area contributed by atoms with Gasteiger partial charge in [-0.05, 0) is 36.3 Å². The molecule has 0 N–H and O–H groups in total. The smallest absolute Gasteiger partial charge is 0.188 e. The summed E-state index contributed by atoms with van der Waals surface area (Å²) in [5.74, 6) is -0.437. The fourth-order valence-electron chi connectivity index (χ4n) is 1.47. The van der Waals surface area contributed by atoms with Crippen molar-refractivity contribution in [2.24, 2.45) is 0 Å². The van der Waals surface area contributed by atoms with Crippen molar-refractivity contribution in [3.8, 4) is 0 Å². The third kappa shape index (κ3) is 2.85. The van der Waals surface area contributed by atoms with E-state index in [0.717, 1.165) is 5.56 Å². The summed E-state index contributed by atoms with van der Waals surface area (Å²) in [5.41, 5.74) is 1.75. The van der Waals surface area contributed by atoms with Gasteiger partial charge >= 0.3 is 0 Å². The lowest BCUT2D eigenvalue weighted by Gasteiger charge is -1.98. The molecular weight excluding hydrogens is 231 g/mol. The van der Waals surface area contributed by atoms with E-state index in [-0.39, 0.29) is 11.6 Å². The van der Waals surface area contributed by atoms with Crippen LogP contribution < -0.4 is 0 Å². The molecule has 0 saturated carbocycles. The van der Waals surface area contributed by atoms with Gasteiger partial charge in [-0.2, -0.15) is 0 Å². The second-order valence-corrected chi connectivity index (χ2v) is 3.83. The zero-order valence-corrected chi connectivity index (χ0v) is 9.80. The fourth-order valence-corrected chi connectivity index (χ4v) is 1.47. The maximum absolute atomic E-state index is 13.1. The Hall–Kier alpha value is -2.36. The summed E-state index contributed by atoms with van der Waals surface area (Å²) in [6.45, 7) is 1.68. The monoisotopic (exact) mass is 242 g/mol. The first-order chi connectivity index (χ1) is 8.66. The van der Waals surface area contributed by atoms with Crippen LogP contribution in [0.5, 0.6) is 0 Å². The Morgan fingerprint density at radius 2 is 2.00 bits per heavy atom. The standard InChI is InChI=1S/C14H11FN2O/c1-10-6-11(2-4-13(10)15)3-5-14(18)12-7-16-9-17-8-12/h2-9H,1H3. The highest BCUT2D eigenvalue weighted by molar-refractivity contribution is 6.06. The summed E-state index contributed by atoms with van der Waals surface area (Å²) in [5, 5.41) is 0. The van der Waals surface area contributed by atoms with Crippen LogP contribution in [0.25, 0.3) is 6.08 Å². The third-order valence-corrected chi connectivity index (χ3v) is 2.45. The molecular formula is C14H11FN2O. The number of carbonyl (C=O) groups is 1. The number of nitrogens with zero attached hydrogens (tertiary/aromatic N) is 2. The van der Waals surface area contributed by atoms with Gasteiger partial charge in [0, 0.05) is 12.4 Å². The van der Waals surface area contributed by atoms with Crippen LogP contribution in [0.4, 0.5) is 4.39 Å². The van der Waals surface area contributed by atoms with Crippen LogP contribution in [0.1, 0.15) is 21.5 Å². The lowest BCUT2D eigenvalue weighted by molar-refractivity contribution is 0.104. The van der Waals surface area contributed by atoms with Crippen LogP contribution in [0.2, 0.25) is 0 Å². The predicted octanol–water partition coefficient (Wildman–Crippen LogP) is 2.82. The molecule has 0 atom stereocenters. The molecule has 2 aromatic rings. The van der Waals surface area contributed by atoms with Crippen molar-refractivity contribution in [3.05, 3.63) is 65.5 Å². The van der Waals surface area contributed by atoms with Gasteiger partial charge in [-0.3, -0.25) is 4.79 Å². The minimum Gasteiger partial charge on any atom is -0.289 e. The molecule has 1 aromatic heterocycles. The van der Waals surface area contributed by atoms with Crippen molar-refractivity contribution in [1.29, 1.82) is 0 Å². The molecule has 1 heterocycles. The van der Waals surface area contributed by atoms with Crippen molar-refractivity contribution in [2.75, 3.05) is 0 Å². The first kappa shape index (κ1) is 12.1. The highest BCUT2D eigenvalue weighted by atomic mass is 19.1. The number of hydrogen-bond acceptors (Lipinski definition) is 3. The van der Waals surface area contributed by atoms with Crippen LogP contribution in [0, 0.1) is 12.7 Å². The molecule has 0 unspecified atom stereocenters. The Bertz CT molecular complexity index is 594. The largest absolute Gasteiger partial charge is 0.289 e. The normalized spacial score (nSPS) is 10.8. The number of aromatic nitrogens is 2. The van der Waals surface area contributed by atoms with Crippen LogP contribution in [0.3, 0.4) is 0 Å². The summed E-state index contributed by atoms with van der Waals surface area (Å²) < 4.78 is 13.1. The van der Waals surface area contributed by atoms with Crippen molar-refractivity contribution < 1.29 is 9.18 Å². The lowest BCUT2D eigenvalue weighted by Crippen LogP contribution is -1.95. The summed E-state index contributed by atoms with van der Waals surface area (Å²) in [7, 11) is 0. The zero-order chi connectivity index (χ0) is 13.0. The molecule has 0 aliphatic rings. The maximum atomic E-state index is 13.1. The molecule has 0 amide bonds. The molecule has 0 saturated heterocycles. The summed E-state index contributed by atoms with van der Waals surface area (Å²) in [6, 6.07) is 4.68. The Morgan fingerprint density at radius 3 is 2.67 bits per heavy atom. The van der Waals surface area contributed by atoms with E-state index in [2.05, 4.69) is 9.97 Å². The number of benzene rings is 1. The summed E-state index contributed by atoms with van der Waals surface area (Å²) in [4.78, 5) is 19.3. The first-order valence-electron chi connectivity index (χ1n) is 5.40. The number of ketones is 1. The third-order valence-electron chi connectivity index (χ3n) is 2.45. The molecule has 0 fully saturated rings. The van der Waals surface area contributed by atoms with Crippen LogP contribution in [-0.2, 0) is 0 Å². The SMILES string of the molecule is Cc1cc(C=CC(=O)c2cncnc2)ccc1F. The van der Waals surface area contributed by atoms with Gasteiger partial charge in [-0.25, -0.2) is 14.4 Å². The highest BCUT2D eigenvalue weighted by Gasteiger charge is 2.01. The average molecular weight is 242 g/mol. The highest BCUT2D eigenvalue weighted by Crippen LogP contribution is 2.11. The van der Waals surface area contributed by atoms with E-state index in [9.17, 15) is 9.18 Å². The number of halogens is 1. The van der Waals surface area contributed by atoms with Crippen LogP contribution >= 0.6 is 0 Å². The Balaban J connectivity index is 2.16. The molecule has 2 rings (SSSR count). The van der Waals surface area contributed by atoms with Gasteiger partial charge in [0.25, 0.3) is 0 Å². The number of hydrogen-bond donors (Lipinski definition) is 0. The van der Waals surface area contributed by atoms with Gasteiger partial charge in [0.1, 0.15) is 12.1 Å². The van der Waals surface area contributed by atoms with Crippen molar-refractivity contribution in [3.63, 3.8) is 0 Å². The van der Waals surface area contributed by atoms with E-state index in [1.165, 1.54) is 30.9 Å². The van der Waals surface area contributed by atoms with Crippen molar-refractivity contribution in [1.82, 2.24) is 9.97 Å². The second kappa shape index (κ2) is 5.31. The Kier molecular flexibility index (Phi) is 3.57. The number of aryl methyl sites for hydroxylation is 1. The van der Waals surface area contributed by atoms with E-state index >= 15 is 0 Å². The number of carbonyl (C=O) groups excluding carboxylic acids is 1. The van der Waals surface area contributed by atoms with Gasteiger partial charge in [0.05, 0.1) is 5.56 Å². The molecule has 4 heteroatoms. The molecule has 0 aliphatic carbocycles. The van der Waals surface area contributed by atoms with E-state index in [1.54, 1.807) is 25.1 Å². The van der Waals surface area contributed by atoms with Crippen LogP contribution in [0.15, 0.2) is 43.0 Å². The minimum atomic E-state index is -0.255. The molecule has 18 heavy (non-hydrogen) atoms. The van der Waals surface area contributed by atoms with E-state index < -0.39 is 0 Å². The van der Waals surface area contributed by atoms with Crippen molar-refractivity contribution in [2.45, 2.75) is 6.92 Å². The van der Waals surface area contributed by atoms with Gasteiger partial charge in [0.15, 0.2) is 5.78 Å². The van der Waals surface area contributed by atoms with E-state index in [1.807, 2.05) is 0 Å². The average Bonchev–Trinajstić information content (AvgIpc) is 2.41. The molecule has 90 valence electrons. The van der Waals surface area contributed by atoms with Crippen LogP contribution in [-0.4, -0.2) is 15.8 Å². The van der Waals surface area contributed by atoms with Crippen molar-refractivity contribution >= 4 is 11.9 Å². The number of rotatable bonds is 3. The molecule has 3 nitrogen and oxygen atoms in total. The first-order valence-corrected chi connectivity index (χ1v) is 5.40. The van der Waals surface area contributed by atoms with Gasteiger partial charge in [-0.1, -0.05) is 12.1 Å². The molecule has 0 spiro atoms. The predicted molar refractivity (Wildman–Crippen MR) is 66.5 cm³/mol. The minimum absolute atomic E-state index is 0.183. The number of allylic oxidation sites excluding steroid dienone is 1. The van der Waals surface area contributed by atoms with E-state index in [0.29, 0.717) is 11.1 Å². The fraction of sp³-hybridized carbons (Fsp3) is 0.0714. The summed E-state index contributed by atoms with van der Waals surface area (Å²) >= 11 is 0. The maximum Gasteiger partial charge on any atom is 0.188 e. The quantitative estimate of drug-likeness (QED) is 0.614. The van der Waals surface area contributed by atoms with Gasteiger partial charge in [-0.15, -0.1) is 0 Å². The Labute approximate surface area is 104 Å². The Morgan fingerprint density at radius 1 is 1.28 bits per heavy atom. The lowest BCUT2D eigenvalue weighted by atomic mass is 10.1. The topological polar surface area (TPSA) is 42.9 Å². The zero-order valence-electron chi connectivity index (χ0n) is 9.80.